The lowest BCUT2D eigenvalue weighted by Gasteiger charge is -2.32. The molecule has 1 aromatic heterocycles. The summed E-state index contributed by atoms with van der Waals surface area (Å²) in [6.45, 7) is 2.50. The number of hydrogen-bond acceptors (Lipinski definition) is 3. The van der Waals surface area contributed by atoms with Crippen LogP contribution in [0.3, 0.4) is 0 Å². The number of anilines is 1. The van der Waals surface area contributed by atoms with E-state index in [0.29, 0.717) is 6.42 Å². The molecule has 1 saturated heterocycles. The van der Waals surface area contributed by atoms with Gasteiger partial charge < -0.3 is 15.2 Å². The van der Waals surface area contributed by atoms with Crippen molar-refractivity contribution in [3.8, 4) is 0 Å². The van der Waals surface area contributed by atoms with Gasteiger partial charge in [0.2, 0.25) is 5.91 Å². The van der Waals surface area contributed by atoms with Gasteiger partial charge in [0.25, 0.3) is 0 Å². The number of piperidine rings is 1. The van der Waals surface area contributed by atoms with Crippen molar-refractivity contribution in [2.24, 2.45) is 0 Å². The first kappa shape index (κ1) is 19.0. The molecule has 4 rings (SSSR count). The molecule has 3 aromatic rings. The summed E-state index contributed by atoms with van der Waals surface area (Å²) in [6, 6.07) is 15.6. The van der Waals surface area contributed by atoms with Gasteiger partial charge in [-0.05, 0) is 53.0 Å². The Bertz CT molecular complexity index is 1030. The van der Waals surface area contributed by atoms with E-state index in [1.165, 1.54) is 0 Å². The van der Waals surface area contributed by atoms with E-state index < -0.39 is 0 Å². The Hall–Kier alpha value is -2.38. The molecule has 146 valence electrons. The number of aromatic amines is 1. The third-order valence-corrected chi connectivity index (χ3v) is 6.04. The number of aromatic nitrogens is 2. The first-order chi connectivity index (χ1) is 13.6. The Balaban J connectivity index is 1.31. The van der Waals surface area contributed by atoms with E-state index in [-0.39, 0.29) is 17.6 Å². The van der Waals surface area contributed by atoms with Crippen molar-refractivity contribution in [1.29, 1.82) is 0 Å². The molecular weight excluding hydrogens is 420 g/mol. The summed E-state index contributed by atoms with van der Waals surface area (Å²) in [5.41, 5.74) is 2.62. The van der Waals surface area contributed by atoms with E-state index in [0.717, 1.165) is 53.7 Å². The van der Waals surface area contributed by atoms with Crippen LogP contribution in [0.2, 0.25) is 0 Å². The van der Waals surface area contributed by atoms with Gasteiger partial charge in [-0.25, -0.2) is 4.79 Å². The summed E-state index contributed by atoms with van der Waals surface area (Å²) in [7, 11) is 0. The highest BCUT2D eigenvalue weighted by atomic mass is 79.9. The lowest BCUT2D eigenvalue weighted by molar-refractivity contribution is -0.116. The second kappa shape index (κ2) is 8.32. The fraction of sp³-hybridized carbons (Fsp3) is 0.333. The summed E-state index contributed by atoms with van der Waals surface area (Å²) in [4.78, 5) is 29.9. The number of likely N-dealkylation sites (tertiary alicyclic amines) is 1. The number of imidazole rings is 1. The van der Waals surface area contributed by atoms with Crippen molar-refractivity contribution < 1.29 is 4.79 Å². The van der Waals surface area contributed by atoms with Gasteiger partial charge in [0.1, 0.15) is 0 Å². The fourth-order valence-electron chi connectivity index (χ4n) is 3.87. The lowest BCUT2D eigenvalue weighted by Crippen LogP contribution is -2.38. The van der Waals surface area contributed by atoms with Crippen molar-refractivity contribution in [2.75, 3.05) is 25.0 Å². The van der Waals surface area contributed by atoms with E-state index in [9.17, 15) is 9.59 Å². The number of fused-ring (bicyclic) bond motifs is 1. The molecule has 28 heavy (non-hydrogen) atoms. The largest absolute Gasteiger partial charge is 0.326 e. The van der Waals surface area contributed by atoms with Gasteiger partial charge in [0.15, 0.2) is 0 Å². The number of hydrogen-bond donors (Lipinski definition) is 2. The molecule has 6 nitrogen and oxygen atoms in total. The number of rotatable bonds is 5. The molecule has 0 spiro atoms. The summed E-state index contributed by atoms with van der Waals surface area (Å²) >= 11 is 3.45. The molecular formula is C21H23BrN4O2. The van der Waals surface area contributed by atoms with Crippen LogP contribution < -0.4 is 11.0 Å². The SMILES string of the molecule is O=C(CCN1CCC(n2c(=O)[nH]c3ccccc32)CC1)Nc1ccccc1Br. The number of H-pyrrole nitrogens is 1. The standard InChI is InChI=1S/C21H23BrN4O2/c22-16-5-1-2-6-17(16)23-20(27)11-14-25-12-9-15(10-13-25)26-19-8-4-3-7-18(19)24-21(26)28/h1-8,15H,9-14H2,(H,23,27)(H,24,28). The third-order valence-electron chi connectivity index (χ3n) is 5.35. The highest BCUT2D eigenvalue weighted by molar-refractivity contribution is 9.10. The second-order valence-corrected chi connectivity index (χ2v) is 8.02. The molecule has 1 aliphatic rings. The van der Waals surface area contributed by atoms with Crippen LogP contribution in [0.25, 0.3) is 11.0 Å². The number of benzene rings is 2. The van der Waals surface area contributed by atoms with Gasteiger partial charge in [0.05, 0.1) is 16.7 Å². The number of nitrogens with one attached hydrogen (secondary N) is 2. The molecule has 7 heteroatoms. The Morgan fingerprint density at radius 2 is 1.82 bits per heavy atom. The van der Waals surface area contributed by atoms with E-state index in [2.05, 4.69) is 31.1 Å². The molecule has 0 radical (unpaired) electrons. The fourth-order valence-corrected chi connectivity index (χ4v) is 4.26. The van der Waals surface area contributed by atoms with E-state index in [1.54, 1.807) is 0 Å². The van der Waals surface area contributed by atoms with Crippen LogP contribution in [0.5, 0.6) is 0 Å². The van der Waals surface area contributed by atoms with Crippen LogP contribution in [0.1, 0.15) is 25.3 Å². The normalized spacial score (nSPS) is 15.8. The van der Waals surface area contributed by atoms with E-state index in [4.69, 9.17) is 0 Å². The van der Waals surface area contributed by atoms with Gasteiger partial charge in [0, 0.05) is 36.6 Å². The van der Waals surface area contributed by atoms with Crippen molar-refractivity contribution >= 4 is 38.6 Å². The van der Waals surface area contributed by atoms with E-state index >= 15 is 0 Å². The average Bonchev–Trinajstić information content (AvgIpc) is 3.04. The molecule has 2 heterocycles. The van der Waals surface area contributed by atoms with Crippen molar-refractivity contribution in [1.82, 2.24) is 14.5 Å². The Morgan fingerprint density at radius 1 is 1.11 bits per heavy atom. The first-order valence-corrected chi connectivity index (χ1v) is 10.4. The predicted octanol–water partition coefficient (Wildman–Crippen LogP) is 3.76. The summed E-state index contributed by atoms with van der Waals surface area (Å²) in [5, 5.41) is 2.95. The zero-order valence-corrected chi connectivity index (χ0v) is 17.1. The summed E-state index contributed by atoms with van der Waals surface area (Å²) in [6.07, 6.45) is 2.28. The average molecular weight is 443 g/mol. The monoisotopic (exact) mass is 442 g/mol. The number of nitrogens with zero attached hydrogens (tertiary/aromatic N) is 2. The smallest absolute Gasteiger partial charge is 0.325 e. The highest BCUT2D eigenvalue weighted by Gasteiger charge is 2.23. The summed E-state index contributed by atoms with van der Waals surface area (Å²) in [5.74, 6) is 0.0156. The maximum atomic E-state index is 12.4. The lowest BCUT2D eigenvalue weighted by atomic mass is 10.0. The van der Waals surface area contributed by atoms with Crippen molar-refractivity contribution in [2.45, 2.75) is 25.3 Å². The third kappa shape index (κ3) is 4.05. The van der Waals surface area contributed by atoms with Gasteiger partial charge >= 0.3 is 5.69 Å². The Kier molecular flexibility index (Phi) is 5.64. The van der Waals surface area contributed by atoms with Crippen LogP contribution in [-0.2, 0) is 4.79 Å². The molecule has 0 aliphatic carbocycles. The first-order valence-electron chi connectivity index (χ1n) is 9.58. The molecule has 0 atom stereocenters. The quantitative estimate of drug-likeness (QED) is 0.631. The number of carbonyl (C=O) groups is 1. The Morgan fingerprint density at radius 3 is 2.61 bits per heavy atom. The van der Waals surface area contributed by atoms with Gasteiger partial charge in [-0.1, -0.05) is 24.3 Å². The van der Waals surface area contributed by atoms with Gasteiger partial charge in [-0.15, -0.1) is 0 Å². The van der Waals surface area contributed by atoms with E-state index in [1.807, 2.05) is 53.1 Å². The minimum atomic E-state index is -0.0348. The van der Waals surface area contributed by atoms with Crippen LogP contribution >= 0.6 is 15.9 Å². The number of para-hydroxylation sites is 3. The molecule has 1 amide bonds. The number of carbonyl (C=O) groups excluding carboxylic acids is 1. The van der Waals surface area contributed by atoms with Crippen molar-refractivity contribution in [3.05, 3.63) is 63.5 Å². The predicted molar refractivity (Wildman–Crippen MR) is 115 cm³/mol. The second-order valence-electron chi connectivity index (χ2n) is 7.17. The summed E-state index contributed by atoms with van der Waals surface area (Å²) < 4.78 is 2.78. The van der Waals surface area contributed by atoms with Crippen LogP contribution in [-0.4, -0.2) is 40.0 Å². The molecule has 0 bridgehead atoms. The molecule has 0 saturated carbocycles. The molecule has 1 aliphatic heterocycles. The zero-order chi connectivity index (χ0) is 19.5. The maximum absolute atomic E-state index is 12.4. The Labute approximate surface area is 171 Å². The van der Waals surface area contributed by atoms with Crippen LogP contribution in [0.4, 0.5) is 5.69 Å². The molecule has 2 aromatic carbocycles. The minimum absolute atomic E-state index is 0.0156. The van der Waals surface area contributed by atoms with Gasteiger partial charge in [-0.2, -0.15) is 0 Å². The number of amides is 1. The minimum Gasteiger partial charge on any atom is -0.325 e. The van der Waals surface area contributed by atoms with Crippen molar-refractivity contribution in [3.63, 3.8) is 0 Å². The topological polar surface area (TPSA) is 70.1 Å². The van der Waals surface area contributed by atoms with Crippen LogP contribution in [0, 0.1) is 0 Å². The molecule has 2 N–H and O–H groups in total. The van der Waals surface area contributed by atoms with Crippen LogP contribution in [0.15, 0.2) is 57.8 Å². The maximum Gasteiger partial charge on any atom is 0.326 e. The van der Waals surface area contributed by atoms with Gasteiger partial charge in [-0.3, -0.25) is 9.36 Å². The number of halogens is 1. The zero-order valence-electron chi connectivity index (χ0n) is 15.5. The molecule has 0 unspecified atom stereocenters. The highest BCUT2D eigenvalue weighted by Crippen LogP contribution is 2.25. The molecule has 1 fully saturated rings.